The average Bonchev–Trinajstić information content (AvgIpc) is 3.06. The third-order valence-electron chi connectivity index (χ3n) is 5.88. The lowest BCUT2D eigenvalue weighted by Gasteiger charge is -2.31. The lowest BCUT2D eigenvalue weighted by Crippen LogP contribution is -2.38. The highest BCUT2D eigenvalue weighted by Gasteiger charge is 2.36. The topological polar surface area (TPSA) is 54.5 Å². The van der Waals surface area contributed by atoms with E-state index in [-0.39, 0.29) is 16.8 Å². The molecule has 4 rings (SSSR count). The molecule has 4 nitrogen and oxygen atoms in total. The molecule has 0 aromatic heterocycles. The fourth-order valence-corrected chi connectivity index (χ4v) is 5.09. The van der Waals surface area contributed by atoms with E-state index in [9.17, 15) is 13.2 Å². The van der Waals surface area contributed by atoms with Gasteiger partial charge in [0.05, 0.1) is 10.5 Å². The highest BCUT2D eigenvalue weighted by Crippen LogP contribution is 2.38. The Labute approximate surface area is 177 Å². The fourth-order valence-electron chi connectivity index (χ4n) is 4.33. The standard InChI is InChI=1S/C23H24ClNO3S/c1-29(27,28)20-13-9-16(10-14-20)21-15-25(19-5-3-2-4-6-19)23(26)22(21)17-7-11-18(24)12-8-17/h7-14,19H,2-6,15H2,1H3. The van der Waals surface area contributed by atoms with Crippen molar-refractivity contribution in [3.63, 3.8) is 0 Å². The van der Waals surface area contributed by atoms with Crippen molar-refractivity contribution < 1.29 is 13.2 Å². The van der Waals surface area contributed by atoms with E-state index in [1.807, 2.05) is 17.0 Å². The molecule has 1 aliphatic heterocycles. The molecule has 1 saturated carbocycles. The van der Waals surface area contributed by atoms with Crippen molar-refractivity contribution in [3.8, 4) is 0 Å². The monoisotopic (exact) mass is 429 g/mol. The van der Waals surface area contributed by atoms with Crippen molar-refractivity contribution in [1.82, 2.24) is 4.90 Å². The Kier molecular flexibility index (Phi) is 5.54. The number of rotatable bonds is 4. The lowest BCUT2D eigenvalue weighted by molar-refractivity contribution is -0.126. The number of amides is 1. The molecule has 2 aliphatic rings. The first-order valence-electron chi connectivity index (χ1n) is 9.95. The second kappa shape index (κ2) is 7.96. The van der Waals surface area contributed by atoms with Gasteiger partial charge in [0.1, 0.15) is 0 Å². The molecule has 29 heavy (non-hydrogen) atoms. The first kappa shape index (κ1) is 20.2. The molecule has 0 radical (unpaired) electrons. The molecule has 2 aromatic rings. The third-order valence-corrected chi connectivity index (χ3v) is 7.26. The van der Waals surface area contributed by atoms with Crippen molar-refractivity contribution in [3.05, 3.63) is 64.7 Å². The van der Waals surface area contributed by atoms with E-state index < -0.39 is 9.84 Å². The van der Waals surface area contributed by atoms with Crippen LogP contribution in [0.5, 0.6) is 0 Å². The van der Waals surface area contributed by atoms with Gasteiger partial charge in [0, 0.05) is 23.9 Å². The number of carbonyl (C=O) groups excluding carboxylic acids is 1. The molecule has 6 heteroatoms. The molecule has 0 unspecified atom stereocenters. The molecule has 0 atom stereocenters. The van der Waals surface area contributed by atoms with Gasteiger partial charge in [0.2, 0.25) is 0 Å². The summed E-state index contributed by atoms with van der Waals surface area (Å²) in [6, 6.07) is 14.5. The normalized spacial score (nSPS) is 18.6. The molecular weight excluding hydrogens is 406 g/mol. The van der Waals surface area contributed by atoms with Gasteiger partial charge in [0.25, 0.3) is 5.91 Å². The number of hydrogen-bond donors (Lipinski definition) is 0. The van der Waals surface area contributed by atoms with Gasteiger partial charge in [-0.25, -0.2) is 8.42 Å². The number of benzene rings is 2. The molecule has 0 saturated heterocycles. The maximum Gasteiger partial charge on any atom is 0.255 e. The minimum Gasteiger partial charge on any atom is -0.331 e. The minimum absolute atomic E-state index is 0.0569. The Hall–Kier alpha value is -2.11. The first-order chi connectivity index (χ1) is 13.8. The highest BCUT2D eigenvalue weighted by atomic mass is 35.5. The van der Waals surface area contributed by atoms with Gasteiger partial charge in [-0.3, -0.25) is 4.79 Å². The van der Waals surface area contributed by atoms with E-state index in [1.54, 1.807) is 36.4 Å². The van der Waals surface area contributed by atoms with Gasteiger partial charge in [0.15, 0.2) is 9.84 Å². The summed E-state index contributed by atoms with van der Waals surface area (Å²) in [7, 11) is -3.26. The van der Waals surface area contributed by atoms with E-state index >= 15 is 0 Å². The molecule has 2 aromatic carbocycles. The summed E-state index contributed by atoms with van der Waals surface area (Å²) in [5.41, 5.74) is 3.37. The molecule has 0 N–H and O–H groups in total. The van der Waals surface area contributed by atoms with Crippen molar-refractivity contribution in [1.29, 1.82) is 0 Å². The first-order valence-corrected chi connectivity index (χ1v) is 12.2. The van der Waals surface area contributed by atoms with Crippen molar-refractivity contribution in [2.45, 2.75) is 43.0 Å². The molecule has 1 fully saturated rings. The summed E-state index contributed by atoms with van der Waals surface area (Å²) in [5.74, 6) is 0.0569. The van der Waals surface area contributed by atoms with E-state index in [0.717, 1.165) is 42.4 Å². The van der Waals surface area contributed by atoms with Crippen molar-refractivity contribution in [2.75, 3.05) is 12.8 Å². The SMILES string of the molecule is CS(=O)(=O)c1ccc(C2=C(c3ccc(Cl)cc3)C(=O)N(C3CCCCC3)C2)cc1. The van der Waals surface area contributed by atoms with Crippen molar-refractivity contribution in [2.24, 2.45) is 0 Å². The Bertz CT molecular complexity index is 1050. The Morgan fingerprint density at radius 1 is 0.897 bits per heavy atom. The van der Waals surface area contributed by atoms with Crippen LogP contribution in [0.25, 0.3) is 11.1 Å². The van der Waals surface area contributed by atoms with Crippen LogP contribution < -0.4 is 0 Å². The molecule has 0 spiro atoms. The zero-order chi connectivity index (χ0) is 20.6. The molecule has 152 valence electrons. The number of nitrogens with zero attached hydrogens (tertiary/aromatic N) is 1. The van der Waals surface area contributed by atoms with Crippen LogP contribution in [0.1, 0.15) is 43.2 Å². The Morgan fingerprint density at radius 3 is 2.07 bits per heavy atom. The summed E-state index contributed by atoms with van der Waals surface area (Å²) >= 11 is 6.05. The van der Waals surface area contributed by atoms with Crippen LogP contribution in [-0.2, 0) is 14.6 Å². The van der Waals surface area contributed by atoms with Crippen LogP contribution in [0.4, 0.5) is 0 Å². The fraction of sp³-hybridized carbons (Fsp3) is 0.348. The summed E-state index contributed by atoms with van der Waals surface area (Å²) in [5, 5.41) is 0.628. The molecule has 1 aliphatic carbocycles. The van der Waals surface area contributed by atoms with Gasteiger partial charge in [-0.15, -0.1) is 0 Å². The zero-order valence-electron chi connectivity index (χ0n) is 16.4. The lowest BCUT2D eigenvalue weighted by atomic mass is 9.94. The Balaban J connectivity index is 1.76. The highest BCUT2D eigenvalue weighted by molar-refractivity contribution is 7.90. The van der Waals surface area contributed by atoms with Gasteiger partial charge in [-0.2, -0.15) is 0 Å². The van der Waals surface area contributed by atoms with Gasteiger partial charge < -0.3 is 4.90 Å². The third kappa shape index (κ3) is 4.12. The van der Waals surface area contributed by atoms with Crippen LogP contribution in [0.15, 0.2) is 53.4 Å². The van der Waals surface area contributed by atoms with E-state index in [2.05, 4.69) is 0 Å². The van der Waals surface area contributed by atoms with Crippen LogP contribution in [0.2, 0.25) is 5.02 Å². The minimum atomic E-state index is -3.26. The van der Waals surface area contributed by atoms with E-state index in [0.29, 0.717) is 17.1 Å². The quantitative estimate of drug-likeness (QED) is 0.699. The van der Waals surface area contributed by atoms with Crippen molar-refractivity contribution >= 4 is 38.5 Å². The summed E-state index contributed by atoms with van der Waals surface area (Å²) in [6.45, 7) is 0.555. The van der Waals surface area contributed by atoms with Gasteiger partial charge in [-0.05, 0) is 53.8 Å². The van der Waals surface area contributed by atoms with E-state index in [1.165, 1.54) is 12.7 Å². The van der Waals surface area contributed by atoms with Crippen LogP contribution >= 0.6 is 11.6 Å². The van der Waals surface area contributed by atoms with Gasteiger partial charge in [-0.1, -0.05) is 55.1 Å². The predicted octanol–water partition coefficient (Wildman–Crippen LogP) is 4.83. The predicted molar refractivity (Wildman–Crippen MR) is 116 cm³/mol. The molecule has 1 heterocycles. The average molecular weight is 430 g/mol. The zero-order valence-corrected chi connectivity index (χ0v) is 18.0. The Morgan fingerprint density at radius 2 is 1.48 bits per heavy atom. The number of hydrogen-bond acceptors (Lipinski definition) is 3. The van der Waals surface area contributed by atoms with Gasteiger partial charge >= 0.3 is 0 Å². The van der Waals surface area contributed by atoms with Crippen LogP contribution in [0, 0.1) is 0 Å². The summed E-state index contributed by atoms with van der Waals surface area (Å²) in [4.78, 5) is 15.7. The summed E-state index contributed by atoms with van der Waals surface area (Å²) < 4.78 is 23.6. The van der Waals surface area contributed by atoms with E-state index in [4.69, 9.17) is 11.6 Å². The van der Waals surface area contributed by atoms with Crippen LogP contribution in [0.3, 0.4) is 0 Å². The smallest absolute Gasteiger partial charge is 0.255 e. The maximum absolute atomic E-state index is 13.4. The maximum atomic E-state index is 13.4. The van der Waals surface area contributed by atoms with Crippen LogP contribution in [-0.4, -0.2) is 38.1 Å². The molecular formula is C23H24ClNO3S. The summed E-state index contributed by atoms with van der Waals surface area (Å²) in [6.07, 6.45) is 6.83. The second-order valence-electron chi connectivity index (χ2n) is 7.88. The number of carbonyl (C=O) groups is 1. The number of halogens is 1. The molecule has 1 amide bonds. The largest absolute Gasteiger partial charge is 0.331 e. The second-order valence-corrected chi connectivity index (χ2v) is 10.3. The molecule has 0 bridgehead atoms. The number of sulfone groups is 1.